The van der Waals surface area contributed by atoms with Crippen LogP contribution in [0.4, 0.5) is 29.1 Å². The van der Waals surface area contributed by atoms with Gasteiger partial charge in [-0.2, -0.15) is 13.2 Å². The van der Waals surface area contributed by atoms with Crippen LogP contribution in [0.5, 0.6) is 0 Å². The molecule has 0 saturated carbocycles. The molecule has 34 heavy (non-hydrogen) atoms. The molecule has 0 radical (unpaired) electrons. The number of carbonyl (C=O) groups excluding carboxylic acids is 1. The Labute approximate surface area is 191 Å². The topological polar surface area (TPSA) is 83.9 Å². The van der Waals surface area contributed by atoms with Gasteiger partial charge in [-0.3, -0.25) is 4.79 Å². The van der Waals surface area contributed by atoms with E-state index in [0.717, 1.165) is 12.3 Å². The zero-order valence-electron chi connectivity index (χ0n) is 18.1. The zero-order chi connectivity index (χ0) is 24.5. The Hall–Kier alpha value is -4.15. The number of fused-ring (bicyclic) bond motifs is 1. The fraction of sp³-hybridized carbons (Fsp3) is 0.174. The molecule has 0 aliphatic rings. The SMILES string of the molecule is CN(C)C(=O)c1ccc(CF)c(-c2ccc3c(Nc4ccc(C(F)(F)F)cn4)ccnc3n2)n1. The van der Waals surface area contributed by atoms with E-state index in [-0.39, 0.29) is 28.7 Å². The minimum atomic E-state index is -4.48. The van der Waals surface area contributed by atoms with E-state index in [1.54, 1.807) is 32.3 Å². The van der Waals surface area contributed by atoms with Crippen molar-refractivity contribution in [2.75, 3.05) is 19.4 Å². The van der Waals surface area contributed by atoms with Crippen molar-refractivity contribution in [1.82, 2.24) is 24.8 Å². The Kier molecular flexibility index (Phi) is 6.10. The molecule has 7 nitrogen and oxygen atoms in total. The molecule has 4 rings (SSSR count). The lowest BCUT2D eigenvalue weighted by molar-refractivity contribution is -0.137. The van der Waals surface area contributed by atoms with Crippen molar-refractivity contribution in [1.29, 1.82) is 0 Å². The molecule has 4 aromatic heterocycles. The molecular weight excluding hydrogens is 452 g/mol. The number of halogens is 4. The van der Waals surface area contributed by atoms with E-state index in [9.17, 15) is 22.4 Å². The van der Waals surface area contributed by atoms with Crippen molar-refractivity contribution in [3.05, 3.63) is 71.7 Å². The van der Waals surface area contributed by atoms with Crippen LogP contribution in [0.3, 0.4) is 0 Å². The van der Waals surface area contributed by atoms with Gasteiger partial charge in [0.15, 0.2) is 5.65 Å². The molecule has 0 fully saturated rings. The summed E-state index contributed by atoms with van der Waals surface area (Å²) in [5, 5.41) is 3.52. The number of nitrogens with one attached hydrogen (secondary N) is 1. The normalized spacial score (nSPS) is 11.5. The van der Waals surface area contributed by atoms with Crippen molar-refractivity contribution in [2.45, 2.75) is 12.9 Å². The summed E-state index contributed by atoms with van der Waals surface area (Å²) < 4.78 is 51.9. The maximum atomic E-state index is 13.6. The van der Waals surface area contributed by atoms with E-state index >= 15 is 0 Å². The van der Waals surface area contributed by atoms with E-state index in [2.05, 4.69) is 25.3 Å². The van der Waals surface area contributed by atoms with E-state index in [4.69, 9.17) is 0 Å². The summed E-state index contributed by atoms with van der Waals surface area (Å²) in [6.07, 6.45) is -2.26. The molecule has 0 atom stereocenters. The van der Waals surface area contributed by atoms with Gasteiger partial charge in [-0.15, -0.1) is 0 Å². The van der Waals surface area contributed by atoms with Crippen molar-refractivity contribution in [3.63, 3.8) is 0 Å². The highest BCUT2D eigenvalue weighted by molar-refractivity contribution is 5.93. The summed E-state index contributed by atoms with van der Waals surface area (Å²) in [6, 6.07) is 10.0. The molecule has 174 valence electrons. The number of rotatable bonds is 5. The molecule has 1 N–H and O–H groups in total. The average Bonchev–Trinajstić information content (AvgIpc) is 2.82. The maximum absolute atomic E-state index is 13.6. The molecule has 0 bridgehead atoms. The number of hydrogen-bond acceptors (Lipinski definition) is 6. The van der Waals surface area contributed by atoms with Crippen LogP contribution in [0.25, 0.3) is 22.4 Å². The number of hydrogen-bond donors (Lipinski definition) is 1. The first-order valence-corrected chi connectivity index (χ1v) is 10.0. The first-order chi connectivity index (χ1) is 16.2. The summed E-state index contributed by atoms with van der Waals surface area (Å²) in [5.41, 5.74) is 0.931. The van der Waals surface area contributed by atoms with Gasteiger partial charge in [0, 0.05) is 37.4 Å². The molecule has 1 amide bonds. The van der Waals surface area contributed by atoms with Crippen LogP contribution < -0.4 is 5.32 Å². The molecule has 11 heteroatoms. The maximum Gasteiger partial charge on any atom is 0.417 e. The quantitative estimate of drug-likeness (QED) is 0.413. The van der Waals surface area contributed by atoms with Gasteiger partial charge in [-0.05, 0) is 36.4 Å². The second-order valence-corrected chi connectivity index (χ2v) is 7.52. The van der Waals surface area contributed by atoms with Crippen LogP contribution in [-0.2, 0) is 12.9 Å². The Morgan fingerprint density at radius 3 is 2.44 bits per heavy atom. The van der Waals surface area contributed by atoms with Crippen molar-refractivity contribution in [3.8, 4) is 11.4 Å². The smallest absolute Gasteiger partial charge is 0.343 e. The summed E-state index contributed by atoms with van der Waals surface area (Å²) in [5.74, 6) is -0.123. The third-order valence-corrected chi connectivity index (χ3v) is 4.95. The molecule has 0 saturated heterocycles. The van der Waals surface area contributed by atoms with Gasteiger partial charge in [-0.1, -0.05) is 6.07 Å². The van der Waals surface area contributed by atoms with E-state index in [1.165, 1.54) is 29.3 Å². The predicted molar refractivity (Wildman–Crippen MR) is 118 cm³/mol. The molecule has 0 unspecified atom stereocenters. The van der Waals surface area contributed by atoms with Crippen LogP contribution in [0.1, 0.15) is 21.6 Å². The largest absolute Gasteiger partial charge is 0.417 e. The highest BCUT2D eigenvalue weighted by Gasteiger charge is 2.30. The summed E-state index contributed by atoms with van der Waals surface area (Å²) in [6.45, 7) is -0.799. The number of amides is 1. The minimum absolute atomic E-state index is 0.149. The van der Waals surface area contributed by atoms with Gasteiger partial charge in [0.2, 0.25) is 0 Å². The summed E-state index contributed by atoms with van der Waals surface area (Å²) in [4.78, 5) is 30.5. The van der Waals surface area contributed by atoms with Crippen LogP contribution in [0.2, 0.25) is 0 Å². The molecule has 0 aliphatic heterocycles. The Balaban J connectivity index is 1.70. The molecule has 0 spiro atoms. The lowest BCUT2D eigenvalue weighted by atomic mass is 10.1. The first-order valence-electron chi connectivity index (χ1n) is 10.0. The lowest BCUT2D eigenvalue weighted by Gasteiger charge is -2.13. The number of aromatic nitrogens is 4. The van der Waals surface area contributed by atoms with Gasteiger partial charge in [-0.25, -0.2) is 24.3 Å². The monoisotopic (exact) mass is 470 g/mol. The Bertz CT molecular complexity index is 1360. The van der Waals surface area contributed by atoms with Crippen molar-refractivity contribution in [2.24, 2.45) is 0 Å². The third-order valence-electron chi connectivity index (χ3n) is 4.95. The van der Waals surface area contributed by atoms with Crippen molar-refractivity contribution >= 4 is 28.4 Å². The van der Waals surface area contributed by atoms with E-state index in [1.807, 2.05) is 0 Å². The molecule has 4 heterocycles. The summed E-state index contributed by atoms with van der Waals surface area (Å²) >= 11 is 0. The molecular formula is C23H18F4N6O. The fourth-order valence-corrected chi connectivity index (χ4v) is 3.21. The fourth-order valence-electron chi connectivity index (χ4n) is 3.21. The Morgan fingerprint density at radius 1 is 1.00 bits per heavy atom. The number of carbonyl (C=O) groups is 1. The number of alkyl halides is 4. The number of anilines is 2. The summed E-state index contributed by atoms with van der Waals surface area (Å²) in [7, 11) is 3.18. The van der Waals surface area contributed by atoms with Gasteiger partial charge >= 0.3 is 6.18 Å². The van der Waals surface area contributed by atoms with Gasteiger partial charge in [0.1, 0.15) is 18.2 Å². The first kappa shape index (κ1) is 23.0. The average molecular weight is 470 g/mol. The molecule has 0 aliphatic carbocycles. The van der Waals surface area contributed by atoms with Gasteiger partial charge in [0.05, 0.1) is 22.6 Å². The van der Waals surface area contributed by atoms with Crippen molar-refractivity contribution < 1.29 is 22.4 Å². The van der Waals surface area contributed by atoms with E-state index in [0.29, 0.717) is 22.4 Å². The Morgan fingerprint density at radius 2 is 1.79 bits per heavy atom. The molecule has 0 aromatic carbocycles. The predicted octanol–water partition coefficient (Wildman–Crippen LogP) is 5.02. The molecule has 4 aromatic rings. The van der Waals surface area contributed by atoms with E-state index < -0.39 is 18.4 Å². The minimum Gasteiger partial charge on any atom is -0.343 e. The number of nitrogens with zero attached hydrogens (tertiary/aromatic N) is 5. The number of pyridine rings is 4. The highest BCUT2D eigenvalue weighted by Crippen LogP contribution is 2.31. The van der Waals surface area contributed by atoms with Crippen LogP contribution >= 0.6 is 0 Å². The second-order valence-electron chi connectivity index (χ2n) is 7.52. The van der Waals surface area contributed by atoms with Crippen LogP contribution in [0, 0.1) is 0 Å². The van der Waals surface area contributed by atoms with Gasteiger partial charge in [0.25, 0.3) is 5.91 Å². The third kappa shape index (κ3) is 4.63. The van der Waals surface area contributed by atoms with Crippen LogP contribution in [-0.4, -0.2) is 44.8 Å². The van der Waals surface area contributed by atoms with Gasteiger partial charge < -0.3 is 10.2 Å². The second kappa shape index (κ2) is 9.00. The standard InChI is InChI=1S/C23H18F4N6O/c1-33(2)22(34)18-6-3-13(11-24)20(31-18)17-7-5-15-16(9-10-28-21(15)32-17)30-19-8-4-14(12-29-19)23(25,26)27/h3-10,12H,11H2,1-2H3,(H,28,29,30,32). The zero-order valence-corrected chi connectivity index (χ0v) is 18.1. The van der Waals surface area contributed by atoms with Crippen LogP contribution in [0.15, 0.2) is 54.9 Å². The highest BCUT2D eigenvalue weighted by atomic mass is 19.4. The lowest BCUT2D eigenvalue weighted by Crippen LogP contribution is -2.23.